The Morgan fingerprint density at radius 3 is 1.43 bits per heavy atom. The Labute approximate surface area is 179 Å². The number of carbonyl (C=O) groups is 2. The quantitative estimate of drug-likeness (QED) is 0.395. The summed E-state index contributed by atoms with van der Waals surface area (Å²) in [6, 6.07) is 6.25. The Hall–Kier alpha value is -2.44. The molecule has 0 aromatic heterocycles. The molecule has 30 heavy (non-hydrogen) atoms. The molecule has 0 aliphatic carbocycles. The van der Waals surface area contributed by atoms with Gasteiger partial charge in [-0.05, 0) is 52.7 Å². The molecule has 4 unspecified atom stereocenters. The number of hydrogen-bond acceptors (Lipinski definition) is 6. The third-order valence-electron chi connectivity index (χ3n) is 4.81. The lowest BCUT2D eigenvalue weighted by Gasteiger charge is -2.21. The predicted octanol–water partition coefficient (Wildman–Crippen LogP) is 3.93. The number of allylic oxidation sites excluding steroid dienone is 2. The number of hydrogen-bond donors (Lipinski definition) is 2. The lowest BCUT2D eigenvalue weighted by atomic mass is 9.97. The first-order valence-corrected chi connectivity index (χ1v) is 10.1. The van der Waals surface area contributed by atoms with Crippen molar-refractivity contribution in [2.45, 2.75) is 52.7 Å². The second-order valence-electron chi connectivity index (χ2n) is 8.07. The van der Waals surface area contributed by atoms with E-state index in [2.05, 4.69) is 13.2 Å². The molecule has 0 radical (unpaired) electrons. The van der Waals surface area contributed by atoms with E-state index in [9.17, 15) is 19.8 Å². The van der Waals surface area contributed by atoms with Crippen molar-refractivity contribution in [1.29, 1.82) is 0 Å². The molecular weight excluding hydrogens is 384 g/mol. The number of aliphatic hydroxyl groups excluding tert-OH is 2. The summed E-state index contributed by atoms with van der Waals surface area (Å²) in [5.74, 6) is -1.88. The molecule has 0 saturated carbocycles. The fourth-order valence-electron chi connectivity index (χ4n) is 2.99. The highest BCUT2D eigenvalue weighted by molar-refractivity contribution is 6.03. The standard InChI is InChI=1S/C24H34O6/c1-15(2)11-19(17(5)25)13-29-23(27)21-9-7-8-10-22(21)24(28)30-14-20(18(6)26)12-16(3)4/h7-10,17-20,25-26H,1,3,11-14H2,2,4-6H3. The Morgan fingerprint density at radius 2 is 1.17 bits per heavy atom. The summed E-state index contributed by atoms with van der Waals surface area (Å²) in [7, 11) is 0. The molecule has 0 spiro atoms. The molecule has 0 aliphatic heterocycles. The minimum absolute atomic E-state index is 0.00938. The Balaban J connectivity index is 2.85. The number of aliphatic hydroxyl groups is 2. The Kier molecular flexibility index (Phi) is 10.5. The minimum atomic E-state index is -0.666. The molecule has 0 bridgehead atoms. The SMILES string of the molecule is C=C(C)CC(COC(=O)c1ccccc1C(=O)OCC(CC(=C)C)C(C)O)C(C)O. The van der Waals surface area contributed by atoms with E-state index in [1.165, 1.54) is 12.1 Å². The van der Waals surface area contributed by atoms with Crippen LogP contribution in [-0.4, -0.2) is 47.6 Å². The molecule has 0 amide bonds. The van der Waals surface area contributed by atoms with Crippen molar-refractivity contribution in [1.82, 2.24) is 0 Å². The van der Waals surface area contributed by atoms with Gasteiger partial charge in [0.1, 0.15) is 0 Å². The number of ether oxygens (including phenoxy) is 2. The van der Waals surface area contributed by atoms with Gasteiger partial charge in [-0.3, -0.25) is 0 Å². The van der Waals surface area contributed by atoms with E-state index in [0.29, 0.717) is 12.8 Å². The van der Waals surface area contributed by atoms with Crippen LogP contribution in [-0.2, 0) is 9.47 Å². The third kappa shape index (κ3) is 8.51. The number of esters is 2. The number of carbonyl (C=O) groups excluding carboxylic acids is 2. The van der Waals surface area contributed by atoms with Gasteiger partial charge in [-0.15, -0.1) is 13.2 Å². The normalized spacial score (nSPS) is 14.9. The van der Waals surface area contributed by atoms with E-state index < -0.39 is 24.1 Å². The molecular formula is C24H34O6. The summed E-state index contributed by atoms with van der Waals surface area (Å²) < 4.78 is 10.7. The van der Waals surface area contributed by atoms with Crippen LogP contribution in [0.5, 0.6) is 0 Å². The molecule has 1 aromatic rings. The van der Waals surface area contributed by atoms with Crippen LogP contribution in [0.2, 0.25) is 0 Å². The highest BCUT2D eigenvalue weighted by Gasteiger charge is 2.24. The monoisotopic (exact) mass is 418 g/mol. The summed E-state index contributed by atoms with van der Waals surface area (Å²) in [5.41, 5.74) is 1.94. The summed E-state index contributed by atoms with van der Waals surface area (Å²) in [5, 5.41) is 19.8. The summed E-state index contributed by atoms with van der Waals surface area (Å²) in [4.78, 5) is 25.2. The molecule has 0 fully saturated rings. The molecule has 1 aromatic carbocycles. The van der Waals surface area contributed by atoms with Crippen LogP contribution in [0, 0.1) is 11.8 Å². The largest absolute Gasteiger partial charge is 0.462 e. The van der Waals surface area contributed by atoms with Crippen molar-refractivity contribution in [2.75, 3.05) is 13.2 Å². The molecule has 0 heterocycles. The van der Waals surface area contributed by atoms with Gasteiger partial charge < -0.3 is 19.7 Å². The zero-order chi connectivity index (χ0) is 22.8. The highest BCUT2D eigenvalue weighted by atomic mass is 16.5. The molecule has 0 aliphatic rings. The van der Waals surface area contributed by atoms with Gasteiger partial charge in [-0.1, -0.05) is 23.3 Å². The third-order valence-corrected chi connectivity index (χ3v) is 4.81. The maximum absolute atomic E-state index is 12.6. The van der Waals surface area contributed by atoms with Crippen LogP contribution < -0.4 is 0 Å². The maximum atomic E-state index is 12.6. The molecule has 1 rings (SSSR count). The summed E-state index contributed by atoms with van der Waals surface area (Å²) in [6.45, 7) is 14.6. The van der Waals surface area contributed by atoms with Gasteiger partial charge in [-0.25, -0.2) is 9.59 Å². The van der Waals surface area contributed by atoms with Crippen LogP contribution >= 0.6 is 0 Å². The van der Waals surface area contributed by atoms with Gasteiger partial charge in [0.2, 0.25) is 0 Å². The van der Waals surface area contributed by atoms with Crippen LogP contribution in [0.15, 0.2) is 48.6 Å². The molecule has 0 saturated heterocycles. The van der Waals surface area contributed by atoms with Crippen molar-refractivity contribution in [3.8, 4) is 0 Å². The zero-order valence-corrected chi connectivity index (χ0v) is 18.4. The fraction of sp³-hybridized carbons (Fsp3) is 0.500. The molecule has 6 heteroatoms. The van der Waals surface area contributed by atoms with Crippen molar-refractivity contribution in [2.24, 2.45) is 11.8 Å². The highest BCUT2D eigenvalue weighted by Crippen LogP contribution is 2.19. The second-order valence-corrected chi connectivity index (χ2v) is 8.07. The van der Waals surface area contributed by atoms with Crippen molar-refractivity contribution in [3.05, 3.63) is 59.7 Å². The number of rotatable bonds is 12. The molecule has 2 N–H and O–H groups in total. The predicted molar refractivity (Wildman–Crippen MR) is 116 cm³/mol. The molecule has 6 nitrogen and oxygen atoms in total. The van der Waals surface area contributed by atoms with E-state index in [1.807, 2.05) is 13.8 Å². The topological polar surface area (TPSA) is 93.1 Å². The number of benzene rings is 1. The minimum Gasteiger partial charge on any atom is -0.462 e. The van der Waals surface area contributed by atoms with Crippen molar-refractivity contribution < 1.29 is 29.3 Å². The van der Waals surface area contributed by atoms with E-state index in [-0.39, 0.29) is 36.2 Å². The van der Waals surface area contributed by atoms with E-state index in [1.54, 1.807) is 26.0 Å². The lowest BCUT2D eigenvalue weighted by Crippen LogP contribution is -2.26. The van der Waals surface area contributed by atoms with E-state index in [4.69, 9.17) is 9.47 Å². The van der Waals surface area contributed by atoms with Crippen molar-refractivity contribution >= 4 is 11.9 Å². The smallest absolute Gasteiger partial charge is 0.339 e. The van der Waals surface area contributed by atoms with E-state index in [0.717, 1.165) is 11.1 Å². The second kappa shape index (κ2) is 12.3. The van der Waals surface area contributed by atoms with Gasteiger partial charge in [0.25, 0.3) is 0 Å². The fourth-order valence-corrected chi connectivity index (χ4v) is 2.99. The van der Waals surface area contributed by atoms with Crippen LogP contribution in [0.3, 0.4) is 0 Å². The van der Waals surface area contributed by atoms with Gasteiger partial charge >= 0.3 is 11.9 Å². The zero-order valence-electron chi connectivity index (χ0n) is 18.4. The van der Waals surface area contributed by atoms with Crippen LogP contribution in [0.4, 0.5) is 0 Å². The lowest BCUT2D eigenvalue weighted by molar-refractivity contribution is 0.0225. The first-order valence-electron chi connectivity index (χ1n) is 10.1. The summed E-state index contributed by atoms with van der Waals surface area (Å²) in [6.07, 6.45) is -0.281. The first-order chi connectivity index (χ1) is 14.0. The Morgan fingerprint density at radius 1 is 0.833 bits per heavy atom. The van der Waals surface area contributed by atoms with Gasteiger partial charge in [0.05, 0.1) is 36.5 Å². The summed E-state index contributed by atoms with van der Waals surface area (Å²) >= 11 is 0. The van der Waals surface area contributed by atoms with Crippen LogP contribution in [0.1, 0.15) is 61.3 Å². The molecule has 4 atom stereocenters. The van der Waals surface area contributed by atoms with Gasteiger partial charge in [-0.2, -0.15) is 0 Å². The average molecular weight is 419 g/mol. The van der Waals surface area contributed by atoms with Gasteiger partial charge in [0, 0.05) is 11.8 Å². The maximum Gasteiger partial charge on any atom is 0.339 e. The van der Waals surface area contributed by atoms with Crippen molar-refractivity contribution in [3.63, 3.8) is 0 Å². The Bertz CT molecular complexity index is 687. The van der Waals surface area contributed by atoms with Crippen LogP contribution in [0.25, 0.3) is 0 Å². The molecule has 166 valence electrons. The van der Waals surface area contributed by atoms with E-state index >= 15 is 0 Å². The van der Waals surface area contributed by atoms with Gasteiger partial charge in [0.15, 0.2) is 0 Å². The first kappa shape index (κ1) is 25.6. The average Bonchev–Trinajstić information content (AvgIpc) is 2.66.